The van der Waals surface area contributed by atoms with E-state index in [4.69, 9.17) is 27.9 Å². The van der Waals surface area contributed by atoms with E-state index < -0.39 is 34.4 Å². The predicted octanol–water partition coefficient (Wildman–Crippen LogP) is 5.32. The highest BCUT2D eigenvalue weighted by molar-refractivity contribution is 6.32. The number of halogens is 2. The average Bonchev–Trinajstić information content (AvgIpc) is 3.18. The van der Waals surface area contributed by atoms with Crippen LogP contribution in [0.4, 0.5) is 11.4 Å². The number of rotatable bonds is 9. The summed E-state index contributed by atoms with van der Waals surface area (Å²) in [4.78, 5) is 53.2. The van der Waals surface area contributed by atoms with Crippen LogP contribution >= 0.6 is 23.2 Å². The number of nitro groups is 1. The lowest BCUT2D eigenvalue weighted by molar-refractivity contribution is -0.384. The topological polar surface area (TPSA) is 110 Å². The summed E-state index contributed by atoms with van der Waals surface area (Å²) in [5.41, 5.74) is 0.719. The maximum Gasteiger partial charge on any atom is 0.288 e. The minimum atomic E-state index is -1.10. The molecule has 1 atom stereocenters. The van der Waals surface area contributed by atoms with Crippen LogP contribution < -0.4 is 9.64 Å². The zero-order valence-corrected chi connectivity index (χ0v) is 21.8. The Bertz CT molecular complexity index is 1400. The number of hydrogen-bond donors (Lipinski definition) is 0. The molecule has 196 valence electrons. The number of nitro benzene ring substituents is 1. The molecule has 0 radical (unpaired) electrons. The van der Waals surface area contributed by atoms with E-state index in [1.54, 1.807) is 42.5 Å². The van der Waals surface area contributed by atoms with Gasteiger partial charge in [0.15, 0.2) is 0 Å². The van der Waals surface area contributed by atoms with Gasteiger partial charge < -0.3 is 9.64 Å². The molecular weight excluding hydrogens is 533 g/mol. The summed E-state index contributed by atoms with van der Waals surface area (Å²) in [6.07, 6.45) is 0.103. The van der Waals surface area contributed by atoms with E-state index in [1.807, 2.05) is 13.0 Å². The van der Waals surface area contributed by atoms with E-state index in [-0.39, 0.29) is 23.6 Å². The minimum absolute atomic E-state index is 0.0213. The van der Waals surface area contributed by atoms with Gasteiger partial charge in [0.1, 0.15) is 16.8 Å². The number of carbonyl (C=O) groups excluding carboxylic acids is 3. The van der Waals surface area contributed by atoms with Crippen molar-refractivity contribution < 1.29 is 24.0 Å². The largest absolute Gasteiger partial charge is 0.494 e. The first-order valence-electron chi connectivity index (χ1n) is 11.8. The molecule has 0 aliphatic carbocycles. The van der Waals surface area contributed by atoms with Gasteiger partial charge in [0.05, 0.1) is 23.6 Å². The molecule has 1 aliphatic heterocycles. The number of imide groups is 1. The average molecular weight is 556 g/mol. The van der Waals surface area contributed by atoms with Crippen LogP contribution in [0, 0.1) is 10.1 Å². The summed E-state index contributed by atoms with van der Waals surface area (Å²) in [5, 5.41) is 11.8. The standard InChI is InChI=1S/C27H23Cl2N3O6/c1-2-38-21-9-7-20(8-10-21)31-25(33)16-24(27(31)35)30(13-12-17-4-3-5-19(28)14-17)26(34)18-6-11-22(29)23(15-18)32(36)37/h3-11,14-15,24H,2,12-13,16H2,1H3. The predicted molar refractivity (Wildman–Crippen MR) is 143 cm³/mol. The molecule has 0 spiro atoms. The number of amides is 3. The lowest BCUT2D eigenvalue weighted by atomic mass is 10.1. The van der Waals surface area contributed by atoms with Crippen LogP contribution in [0.5, 0.6) is 5.75 Å². The molecule has 3 aromatic rings. The first-order valence-corrected chi connectivity index (χ1v) is 12.5. The maximum atomic E-state index is 13.7. The summed E-state index contributed by atoms with van der Waals surface area (Å²) in [6, 6.07) is 16.2. The van der Waals surface area contributed by atoms with Crippen LogP contribution in [0.15, 0.2) is 66.7 Å². The van der Waals surface area contributed by atoms with Gasteiger partial charge in [0.2, 0.25) is 5.91 Å². The zero-order chi connectivity index (χ0) is 27.4. The maximum absolute atomic E-state index is 13.7. The minimum Gasteiger partial charge on any atom is -0.494 e. The van der Waals surface area contributed by atoms with Gasteiger partial charge >= 0.3 is 0 Å². The number of ether oxygens (including phenoxy) is 1. The van der Waals surface area contributed by atoms with Crippen LogP contribution in [-0.4, -0.2) is 46.7 Å². The van der Waals surface area contributed by atoms with Gasteiger partial charge in [-0.05, 0) is 67.4 Å². The lowest BCUT2D eigenvalue weighted by Gasteiger charge is -2.28. The molecule has 3 amide bonds. The Balaban J connectivity index is 1.66. The molecule has 0 N–H and O–H groups in total. The van der Waals surface area contributed by atoms with Gasteiger partial charge in [0.25, 0.3) is 17.5 Å². The van der Waals surface area contributed by atoms with E-state index in [0.717, 1.165) is 16.5 Å². The molecule has 1 fully saturated rings. The van der Waals surface area contributed by atoms with Crippen LogP contribution in [0.2, 0.25) is 10.0 Å². The molecule has 1 heterocycles. The molecule has 1 saturated heterocycles. The molecule has 11 heteroatoms. The van der Waals surface area contributed by atoms with Gasteiger partial charge in [-0.25, -0.2) is 4.90 Å². The van der Waals surface area contributed by atoms with E-state index in [9.17, 15) is 24.5 Å². The third-order valence-corrected chi connectivity index (χ3v) is 6.64. The van der Waals surface area contributed by atoms with Crippen molar-refractivity contribution in [3.63, 3.8) is 0 Å². The Hall–Kier alpha value is -3.95. The zero-order valence-electron chi connectivity index (χ0n) is 20.3. The lowest BCUT2D eigenvalue weighted by Crippen LogP contribution is -2.46. The van der Waals surface area contributed by atoms with E-state index in [1.165, 1.54) is 17.0 Å². The molecule has 0 bridgehead atoms. The van der Waals surface area contributed by atoms with E-state index in [0.29, 0.717) is 29.5 Å². The van der Waals surface area contributed by atoms with Gasteiger partial charge in [-0.2, -0.15) is 0 Å². The highest BCUT2D eigenvalue weighted by Gasteiger charge is 2.44. The van der Waals surface area contributed by atoms with Gasteiger partial charge in [-0.3, -0.25) is 24.5 Å². The number of benzene rings is 3. The Labute approximate surface area is 228 Å². The van der Waals surface area contributed by atoms with Gasteiger partial charge in [-0.15, -0.1) is 0 Å². The Morgan fingerprint density at radius 2 is 1.84 bits per heavy atom. The molecule has 4 rings (SSSR count). The Kier molecular flexibility index (Phi) is 8.29. The second-order valence-corrected chi connectivity index (χ2v) is 9.36. The summed E-state index contributed by atoms with van der Waals surface area (Å²) >= 11 is 12.0. The molecule has 1 unspecified atom stereocenters. The molecule has 9 nitrogen and oxygen atoms in total. The second kappa shape index (κ2) is 11.6. The van der Waals surface area contributed by atoms with Gasteiger partial charge in [0, 0.05) is 23.2 Å². The SMILES string of the molecule is CCOc1ccc(N2C(=O)CC(N(CCc3cccc(Cl)c3)C(=O)c3ccc(Cl)c([N+](=O)[O-])c3)C2=O)cc1. The molecule has 0 saturated carbocycles. The Morgan fingerprint density at radius 3 is 2.50 bits per heavy atom. The smallest absolute Gasteiger partial charge is 0.288 e. The normalized spacial score (nSPS) is 15.0. The highest BCUT2D eigenvalue weighted by Crippen LogP contribution is 2.30. The number of nitrogens with zero attached hydrogens (tertiary/aromatic N) is 3. The molecule has 3 aromatic carbocycles. The number of hydrogen-bond acceptors (Lipinski definition) is 6. The van der Waals surface area contributed by atoms with Crippen LogP contribution in [-0.2, 0) is 16.0 Å². The Morgan fingerprint density at radius 1 is 1.11 bits per heavy atom. The molecule has 0 aromatic heterocycles. The van der Waals surface area contributed by atoms with Gasteiger partial charge in [-0.1, -0.05) is 35.3 Å². The second-order valence-electron chi connectivity index (χ2n) is 8.52. The van der Waals surface area contributed by atoms with Crippen molar-refractivity contribution in [2.75, 3.05) is 18.1 Å². The van der Waals surface area contributed by atoms with Crippen molar-refractivity contribution in [2.24, 2.45) is 0 Å². The molecule has 1 aliphatic rings. The summed E-state index contributed by atoms with van der Waals surface area (Å²) in [6.45, 7) is 2.38. The van der Waals surface area contributed by atoms with Crippen molar-refractivity contribution in [1.29, 1.82) is 0 Å². The van der Waals surface area contributed by atoms with Crippen molar-refractivity contribution in [3.8, 4) is 5.75 Å². The third-order valence-electron chi connectivity index (χ3n) is 6.09. The molecule has 38 heavy (non-hydrogen) atoms. The quantitative estimate of drug-likeness (QED) is 0.201. The number of carbonyl (C=O) groups is 3. The van der Waals surface area contributed by atoms with Crippen molar-refractivity contribution in [1.82, 2.24) is 4.90 Å². The summed E-state index contributed by atoms with van der Waals surface area (Å²) < 4.78 is 5.43. The monoisotopic (exact) mass is 555 g/mol. The fourth-order valence-electron chi connectivity index (χ4n) is 4.28. The highest BCUT2D eigenvalue weighted by atomic mass is 35.5. The fourth-order valence-corrected chi connectivity index (χ4v) is 4.68. The van der Waals surface area contributed by atoms with Crippen LogP contribution in [0.3, 0.4) is 0 Å². The first kappa shape index (κ1) is 27.1. The van der Waals surface area contributed by atoms with Crippen LogP contribution in [0.25, 0.3) is 0 Å². The number of anilines is 1. The first-order chi connectivity index (χ1) is 18.2. The van der Waals surface area contributed by atoms with Crippen molar-refractivity contribution in [2.45, 2.75) is 25.8 Å². The van der Waals surface area contributed by atoms with Crippen LogP contribution in [0.1, 0.15) is 29.3 Å². The third kappa shape index (κ3) is 5.79. The van der Waals surface area contributed by atoms with Crippen molar-refractivity contribution >= 4 is 52.3 Å². The van der Waals surface area contributed by atoms with E-state index in [2.05, 4.69) is 0 Å². The molecular formula is C27H23Cl2N3O6. The van der Waals surface area contributed by atoms with Crippen molar-refractivity contribution in [3.05, 3.63) is 98.0 Å². The summed E-state index contributed by atoms with van der Waals surface area (Å²) in [7, 11) is 0. The fraction of sp³-hybridized carbons (Fsp3) is 0.222. The van der Waals surface area contributed by atoms with E-state index >= 15 is 0 Å². The summed E-state index contributed by atoms with van der Waals surface area (Å²) in [5.74, 6) is -1.07.